The van der Waals surface area contributed by atoms with Crippen LogP contribution in [0.2, 0.25) is 0 Å². The van der Waals surface area contributed by atoms with Crippen LogP contribution in [0.3, 0.4) is 0 Å². The van der Waals surface area contributed by atoms with E-state index in [4.69, 9.17) is 5.73 Å². The minimum Gasteiger partial charge on any atom is -0.385 e. The molecule has 1 amide bonds. The third-order valence-electron chi connectivity index (χ3n) is 3.74. The van der Waals surface area contributed by atoms with Crippen molar-refractivity contribution in [3.8, 4) is 0 Å². The zero-order valence-corrected chi connectivity index (χ0v) is 10.8. The number of primary amides is 1. The fraction of sp³-hybridized carbons (Fsp3) is 0.500. The molecule has 0 radical (unpaired) electrons. The number of halogens is 1. The van der Waals surface area contributed by atoms with Gasteiger partial charge in [0.25, 0.3) is 0 Å². The van der Waals surface area contributed by atoms with Crippen molar-refractivity contribution < 1.29 is 14.3 Å². The van der Waals surface area contributed by atoms with Crippen molar-refractivity contribution in [2.24, 2.45) is 5.73 Å². The quantitative estimate of drug-likeness (QED) is 0.854. The van der Waals surface area contributed by atoms with E-state index in [0.29, 0.717) is 38.9 Å². The van der Waals surface area contributed by atoms with E-state index in [0.717, 1.165) is 5.56 Å². The van der Waals surface area contributed by atoms with Crippen LogP contribution in [0.1, 0.15) is 24.8 Å². The van der Waals surface area contributed by atoms with E-state index in [1.807, 2.05) is 0 Å². The Hall–Kier alpha value is -1.46. The first-order chi connectivity index (χ1) is 8.99. The van der Waals surface area contributed by atoms with Crippen LogP contribution in [-0.2, 0) is 10.4 Å². The second-order valence-electron chi connectivity index (χ2n) is 5.10. The largest absolute Gasteiger partial charge is 0.385 e. The molecule has 0 atom stereocenters. The van der Waals surface area contributed by atoms with Gasteiger partial charge in [-0.25, -0.2) is 4.39 Å². The molecule has 2 rings (SSSR count). The summed E-state index contributed by atoms with van der Waals surface area (Å²) in [5, 5.41) is 10.6. The Morgan fingerprint density at radius 3 is 2.42 bits per heavy atom. The molecular weight excluding hydrogens is 247 g/mol. The first-order valence-corrected chi connectivity index (χ1v) is 6.49. The van der Waals surface area contributed by atoms with Crippen LogP contribution in [0.15, 0.2) is 24.3 Å². The van der Waals surface area contributed by atoms with E-state index in [2.05, 4.69) is 4.90 Å². The minimum atomic E-state index is -0.892. The van der Waals surface area contributed by atoms with Crippen molar-refractivity contribution in [3.63, 3.8) is 0 Å². The lowest BCUT2D eigenvalue weighted by molar-refractivity contribution is -0.118. The highest BCUT2D eigenvalue weighted by molar-refractivity contribution is 5.73. The van der Waals surface area contributed by atoms with Gasteiger partial charge in [0.15, 0.2) is 0 Å². The summed E-state index contributed by atoms with van der Waals surface area (Å²) in [6, 6.07) is 6.00. The third kappa shape index (κ3) is 3.52. The molecule has 1 fully saturated rings. The Morgan fingerprint density at radius 1 is 1.32 bits per heavy atom. The van der Waals surface area contributed by atoms with Gasteiger partial charge in [-0.15, -0.1) is 0 Å². The topological polar surface area (TPSA) is 66.6 Å². The van der Waals surface area contributed by atoms with Crippen molar-refractivity contribution in [3.05, 3.63) is 35.6 Å². The Balaban J connectivity index is 1.94. The molecule has 0 aromatic heterocycles. The van der Waals surface area contributed by atoms with Gasteiger partial charge < -0.3 is 15.7 Å². The average Bonchev–Trinajstić information content (AvgIpc) is 2.39. The first-order valence-electron chi connectivity index (χ1n) is 6.49. The number of amides is 1. The van der Waals surface area contributed by atoms with E-state index in [-0.39, 0.29) is 11.7 Å². The fourth-order valence-corrected chi connectivity index (χ4v) is 2.46. The number of carbonyl (C=O) groups is 1. The molecule has 0 spiro atoms. The molecule has 1 saturated heterocycles. The summed E-state index contributed by atoms with van der Waals surface area (Å²) >= 11 is 0. The molecular formula is C14H19FN2O2. The molecule has 104 valence electrons. The number of nitrogens with zero attached hydrogens (tertiary/aromatic N) is 1. The molecule has 0 bridgehead atoms. The predicted molar refractivity (Wildman–Crippen MR) is 69.8 cm³/mol. The molecule has 3 N–H and O–H groups in total. The second-order valence-corrected chi connectivity index (χ2v) is 5.10. The summed E-state index contributed by atoms with van der Waals surface area (Å²) in [6.07, 6.45) is 1.50. The number of hydrogen-bond acceptors (Lipinski definition) is 3. The number of likely N-dealkylation sites (tertiary alicyclic amines) is 1. The molecule has 1 aliphatic rings. The van der Waals surface area contributed by atoms with Gasteiger partial charge in [0, 0.05) is 26.1 Å². The van der Waals surface area contributed by atoms with Gasteiger partial charge >= 0.3 is 0 Å². The van der Waals surface area contributed by atoms with Crippen LogP contribution in [0.4, 0.5) is 4.39 Å². The zero-order chi connectivity index (χ0) is 13.9. The van der Waals surface area contributed by atoms with Crippen molar-refractivity contribution in [2.75, 3.05) is 19.6 Å². The van der Waals surface area contributed by atoms with Gasteiger partial charge in [-0.05, 0) is 30.5 Å². The van der Waals surface area contributed by atoms with Gasteiger partial charge in [-0.3, -0.25) is 4.79 Å². The van der Waals surface area contributed by atoms with Crippen molar-refractivity contribution in [2.45, 2.75) is 24.9 Å². The maximum Gasteiger partial charge on any atom is 0.218 e. The fourth-order valence-electron chi connectivity index (χ4n) is 2.46. The van der Waals surface area contributed by atoms with E-state index in [1.165, 1.54) is 12.1 Å². The van der Waals surface area contributed by atoms with Crippen LogP contribution in [0, 0.1) is 5.82 Å². The van der Waals surface area contributed by atoms with Crippen LogP contribution < -0.4 is 5.73 Å². The van der Waals surface area contributed by atoms with Crippen molar-refractivity contribution in [1.82, 2.24) is 4.90 Å². The Bertz CT molecular complexity index is 439. The molecule has 1 aliphatic heterocycles. The van der Waals surface area contributed by atoms with Crippen molar-refractivity contribution >= 4 is 5.91 Å². The SMILES string of the molecule is NC(=O)CCN1CCC(O)(c2ccc(F)cc2)CC1. The predicted octanol–water partition coefficient (Wildman–Crippen LogP) is 0.984. The molecule has 0 saturated carbocycles. The lowest BCUT2D eigenvalue weighted by Crippen LogP contribution is -2.43. The number of rotatable bonds is 4. The van der Waals surface area contributed by atoms with Crippen LogP contribution in [0.25, 0.3) is 0 Å². The number of benzene rings is 1. The number of nitrogens with two attached hydrogens (primary N) is 1. The number of piperidine rings is 1. The molecule has 1 aromatic carbocycles. The summed E-state index contributed by atoms with van der Waals surface area (Å²) in [6.45, 7) is 2.05. The highest BCUT2D eigenvalue weighted by atomic mass is 19.1. The summed E-state index contributed by atoms with van der Waals surface area (Å²) < 4.78 is 12.9. The van der Waals surface area contributed by atoms with Gasteiger partial charge in [-0.1, -0.05) is 12.1 Å². The lowest BCUT2D eigenvalue weighted by atomic mass is 9.84. The Morgan fingerprint density at radius 2 is 1.89 bits per heavy atom. The van der Waals surface area contributed by atoms with Crippen LogP contribution >= 0.6 is 0 Å². The number of aliphatic hydroxyl groups is 1. The zero-order valence-electron chi connectivity index (χ0n) is 10.8. The maximum atomic E-state index is 12.9. The molecule has 0 aliphatic carbocycles. The molecule has 1 aromatic rings. The van der Waals surface area contributed by atoms with E-state index >= 15 is 0 Å². The normalized spacial score (nSPS) is 19.3. The highest BCUT2D eigenvalue weighted by Gasteiger charge is 2.33. The monoisotopic (exact) mass is 266 g/mol. The molecule has 0 unspecified atom stereocenters. The smallest absolute Gasteiger partial charge is 0.218 e. The first kappa shape index (κ1) is 14.0. The minimum absolute atomic E-state index is 0.300. The van der Waals surface area contributed by atoms with Crippen LogP contribution in [0.5, 0.6) is 0 Å². The number of hydrogen-bond donors (Lipinski definition) is 2. The molecule has 19 heavy (non-hydrogen) atoms. The van der Waals surface area contributed by atoms with Gasteiger partial charge in [0.2, 0.25) is 5.91 Å². The molecule has 5 heteroatoms. The number of carbonyl (C=O) groups excluding carboxylic acids is 1. The molecule has 1 heterocycles. The standard InChI is InChI=1S/C14H19FN2O2/c15-12-3-1-11(2-4-12)14(19)6-9-17(10-7-14)8-5-13(16)18/h1-4,19H,5-10H2,(H2,16,18). The summed E-state index contributed by atoms with van der Waals surface area (Å²) in [7, 11) is 0. The summed E-state index contributed by atoms with van der Waals surface area (Å²) in [4.78, 5) is 12.8. The lowest BCUT2D eigenvalue weighted by Gasteiger charge is -2.38. The maximum absolute atomic E-state index is 12.9. The average molecular weight is 266 g/mol. The van der Waals surface area contributed by atoms with E-state index in [9.17, 15) is 14.3 Å². The third-order valence-corrected chi connectivity index (χ3v) is 3.74. The Labute approximate surface area is 112 Å². The van der Waals surface area contributed by atoms with Gasteiger partial charge in [-0.2, -0.15) is 0 Å². The van der Waals surface area contributed by atoms with Gasteiger partial charge in [0.1, 0.15) is 5.82 Å². The molecule has 4 nitrogen and oxygen atoms in total. The summed E-state index contributed by atoms with van der Waals surface area (Å²) in [5.41, 5.74) is 4.98. The second kappa shape index (κ2) is 5.67. The van der Waals surface area contributed by atoms with Gasteiger partial charge in [0.05, 0.1) is 5.60 Å². The highest BCUT2D eigenvalue weighted by Crippen LogP contribution is 2.32. The van der Waals surface area contributed by atoms with Crippen LogP contribution in [-0.4, -0.2) is 35.5 Å². The van der Waals surface area contributed by atoms with E-state index in [1.54, 1.807) is 12.1 Å². The summed E-state index contributed by atoms with van der Waals surface area (Å²) in [5.74, 6) is -0.606. The van der Waals surface area contributed by atoms with E-state index < -0.39 is 5.60 Å². The Kier molecular flexibility index (Phi) is 4.17. The van der Waals surface area contributed by atoms with Crippen molar-refractivity contribution in [1.29, 1.82) is 0 Å².